The average molecular weight is 507 g/mol. The lowest BCUT2D eigenvalue weighted by atomic mass is 9.95. The number of aliphatic hydroxyl groups is 1. The molecule has 1 unspecified atom stereocenters. The molecule has 0 aromatic heterocycles. The summed E-state index contributed by atoms with van der Waals surface area (Å²) in [5.41, 5.74) is 2.70. The first-order valence-electron chi connectivity index (χ1n) is 11.3. The molecule has 1 aliphatic rings. The van der Waals surface area contributed by atoms with Crippen molar-refractivity contribution >= 4 is 34.7 Å². The van der Waals surface area contributed by atoms with Gasteiger partial charge in [-0.3, -0.25) is 9.59 Å². The number of rotatable bonds is 7. The van der Waals surface area contributed by atoms with E-state index in [0.717, 1.165) is 11.3 Å². The third-order valence-electron chi connectivity index (χ3n) is 6.22. The Morgan fingerprint density at radius 2 is 1.64 bits per heavy atom. The molecular formula is C28H27ClN2O5. The number of hydrogen-bond acceptors (Lipinski definition) is 6. The van der Waals surface area contributed by atoms with Gasteiger partial charge in [0.25, 0.3) is 11.7 Å². The molecule has 1 atom stereocenters. The van der Waals surface area contributed by atoms with Crippen LogP contribution >= 0.6 is 11.6 Å². The smallest absolute Gasteiger partial charge is 0.295 e. The van der Waals surface area contributed by atoms with Gasteiger partial charge in [-0.05, 0) is 42.0 Å². The highest BCUT2D eigenvalue weighted by Crippen LogP contribution is 2.42. The number of likely N-dealkylation sites (tertiary alicyclic amines) is 1. The number of nitrogens with zero attached hydrogens (tertiary/aromatic N) is 2. The highest BCUT2D eigenvalue weighted by Gasteiger charge is 2.46. The lowest BCUT2D eigenvalue weighted by Crippen LogP contribution is -2.29. The highest BCUT2D eigenvalue weighted by molar-refractivity contribution is 6.46. The number of Topliss-reactive ketones (excluding diaryl/α,β-unsaturated/α-hetero) is 1. The van der Waals surface area contributed by atoms with Crippen LogP contribution in [0, 0.1) is 0 Å². The molecule has 0 radical (unpaired) electrons. The molecule has 1 N–H and O–H groups in total. The van der Waals surface area contributed by atoms with E-state index in [1.54, 1.807) is 25.3 Å². The van der Waals surface area contributed by atoms with E-state index in [4.69, 9.17) is 21.1 Å². The van der Waals surface area contributed by atoms with Crippen molar-refractivity contribution in [2.24, 2.45) is 0 Å². The summed E-state index contributed by atoms with van der Waals surface area (Å²) in [5.74, 6) is -0.745. The van der Waals surface area contributed by atoms with Gasteiger partial charge in [-0.1, -0.05) is 41.9 Å². The number of aliphatic hydroxyl groups excluding tert-OH is 1. The van der Waals surface area contributed by atoms with E-state index >= 15 is 0 Å². The van der Waals surface area contributed by atoms with Gasteiger partial charge in [0.05, 0.1) is 37.4 Å². The second-order valence-corrected chi connectivity index (χ2v) is 8.98. The third kappa shape index (κ3) is 4.62. The summed E-state index contributed by atoms with van der Waals surface area (Å²) in [6.07, 6.45) is 0. The van der Waals surface area contributed by atoms with Gasteiger partial charge in [0.15, 0.2) is 0 Å². The summed E-state index contributed by atoms with van der Waals surface area (Å²) in [4.78, 5) is 30.1. The van der Waals surface area contributed by atoms with E-state index in [-0.39, 0.29) is 22.9 Å². The fourth-order valence-electron chi connectivity index (χ4n) is 4.33. The molecule has 36 heavy (non-hydrogen) atoms. The lowest BCUT2D eigenvalue weighted by molar-refractivity contribution is -0.140. The van der Waals surface area contributed by atoms with Gasteiger partial charge >= 0.3 is 0 Å². The number of carbonyl (C=O) groups excluding carboxylic acids is 2. The van der Waals surface area contributed by atoms with Gasteiger partial charge in [-0.2, -0.15) is 0 Å². The van der Waals surface area contributed by atoms with Crippen LogP contribution in [0.15, 0.2) is 72.3 Å². The number of benzene rings is 3. The van der Waals surface area contributed by atoms with Crippen molar-refractivity contribution in [1.29, 1.82) is 0 Å². The number of halogens is 1. The van der Waals surface area contributed by atoms with E-state index in [2.05, 4.69) is 0 Å². The van der Waals surface area contributed by atoms with Crippen molar-refractivity contribution in [2.45, 2.75) is 12.6 Å². The van der Waals surface area contributed by atoms with Crippen LogP contribution in [0.25, 0.3) is 5.76 Å². The summed E-state index contributed by atoms with van der Waals surface area (Å²) in [7, 11) is 6.89. The van der Waals surface area contributed by atoms with Crippen LogP contribution in [-0.4, -0.2) is 50.0 Å². The van der Waals surface area contributed by atoms with E-state index < -0.39 is 17.7 Å². The van der Waals surface area contributed by atoms with E-state index in [9.17, 15) is 14.7 Å². The van der Waals surface area contributed by atoms with Crippen LogP contribution in [0.2, 0.25) is 5.02 Å². The first-order valence-corrected chi connectivity index (χ1v) is 11.7. The van der Waals surface area contributed by atoms with Gasteiger partial charge in [-0.15, -0.1) is 0 Å². The Balaban J connectivity index is 1.87. The summed E-state index contributed by atoms with van der Waals surface area (Å²) in [6, 6.07) is 18.7. The molecule has 1 aliphatic heterocycles. The molecule has 1 fully saturated rings. The number of methoxy groups -OCH3 is 2. The number of anilines is 1. The van der Waals surface area contributed by atoms with Crippen molar-refractivity contribution in [3.63, 3.8) is 0 Å². The molecule has 186 valence electrons. The summed E-state index contributed by atoms with van der Waals surface area (Å²) in [6.45, 7) is 0.120. The van der Waals surface area contributed by atoms with Gasteiger partial charge in [0.2, 0.25) is 0 Å². The highest BCUT2D eigenvalue weighted by atomic mass is 35.5. The van der Waals surface area contributed by atoms with Gasteiger partial charge in [-0.25, -0.2) is 0 Å². The minimum atomic E-state index is -0.813. The number of para-hydroxylation sites is 1. The maximum absolute atomic E-state index is 13.3. The number of hydrogen-bond donors (Lipinski definition) is 1. The maximum atomic E-state index is 13.3. The van der Waals surface area contributed by atoms with E-state index in [0.29, 0.717) is 22.6 Å². The monoisotopic (exact) mass is 506 g/mol. The van der Waals surface area contributed by atoms with Crippen LogP contribution in [0.1, 0.15) is 22.7 Å². The molecule has 0 aliphatic carbocycles. The Labute approximate surface area is 215 Å². The topological polar surface area (TPSA) is 79.3 Å². The molecule has 1 amide bonds. The number of carbonyl (C=O) groups is 2. The number of amides is 1. The fourth-order valence-corrected chi connectivity index (χ4v) is 4.59. The van der Waals surface area contributed by atoms with Crippen LogP contribution in [0.3, 0.4) is 0 Å². The molecule has 0 spiro atoms. The Bertz CT molecular complexity index is 1330. The van der Waals surface area contributed by atoms with Crippen LogP contribution in [-0.2, 0) is 16.1 Å². The van der Waals surface area contributed by atoms with Crippen molar-refractivity contribution in [1.82, 2.24) is 4.90 Å². The van der Waals surface area contributed by atoms with Crippen molar-refractivity contribution in [3.8, 4) is 11.5 Å². The predicted octanol–water partition coefficient (Wildman–Crippen LogP) is 5.05. The molecule has 3 aromatic carbocycles. The quantitative estimate of drug-likeness (QED) is 0.274. The van der Waals surface area contributed by atoms with Crippen LogP contribution < -0.4 is 14.4 Å². The van der Waals surface area contributed by atoms with Crippen molar-refractivity contribution < 1.29 is 24.2 Å². The minimum Gasteiger partial charge on any atom is -0.507 e. The molecule has 8 heteroatoms. The minimum absolute atomic E-state index is 0.00580. The standard InChI is InChI=1S/C28H27ClN2O5/c1-30(2)20-12-9-17(10-13-20)25-24(26(32)18-11-14-23(36-4)21(29)15-18)27(33)28(34)31(25)16-19-7-5-6-8-22(19)35-3/h5-15,25,32H,16H2,1-4H3/b26-24-. The first kappa shape index (κ1) is 25.1. The predicted molar refractivity (Wildman–Crippen MR) is 140 cm³/mol. The molecular weight excluding hydrogens is 480 g/mol. The summed E-state index contributed by atoms with van der Waals surface area (Å²) < 4.78 is 10.7. The number of ketones is 1. The molecule has 1 saturated heterocycles. The summed E-state index contributed by atoms with van der Waals surface area (Å²) >= 11 is 6.28. The summed E-state index contributed by atoms with van der Waals surface area (Å²) in [5, 5.41) is 11.6. The number of ether oxygens (including phenoxy) is 2. The van der Waals surface area contributed by atoms with Crippen LogP contribution in [0.5, 0.6) is 11.5 Å². The lowest BCUT2D eigenvalue weighted by Gasteiger charge is -2.26. The first-order chi connectivity index (χ1) is 17.3. The fraction of sp³-hybridized carbons (Fsp3) is 0.214. The maximum Gasteiger partial charge on any atom is 0.295 e. The molecule has 4 rings (SSSR count). The van der Waals surface area contributed by atoms with Gasteiger partial charge in [0, 0.05) is 30.9 Å². The molecule has 0 saturated carbocycles. The van der Waals surface area contributed by atoms with Crippen molar-refractivity contribution in [3.05, 3.63) is 94.0 Å². The van der Waals surface area contributed by atoms with Crippen LogP contribution in [0.4, 0.5) is 5.69 Å². The molecule has 3 aromatic rings. The molecule has 0 bridgehead atoms. The molecule has 1 heterocycles. The van der Waals surface area contributed by atoms with E-state index in [1.165, 1.54) is 18.1 Å². The van der Waals surface area contributed by atoms with Crippen molar-refractivity contribution in [2.75, 3.05) is 33.2 Å². The zero-order chi connectivity index (χ0) is 26.0. The normalized spacial score (nSPS) is 16.8. The SMILES string of the molecule is COc1ccc(/C(O)=C2/C(=O)C(=O)N(Cc3ccccc3OC)C2c2ccc(N(C)C)cc2)cc1Cl. The zero-order valence-corrected chi connectivity index (χ0v) is 21.2. The second-order valence-electron chi connectivity index (χ2n) is 8.57. The Kier molecular flexibility index (Phi) is 7.22. The Morgan fingerprint density at radius 1 is 0.972 bits per heavy atom. The van der Waals surface area contributed by atoms with Gasteiger partial charge < -0.3 is 24.4 Å². The second kappa shape index (κ2) is 10.3. The average Bonchev–Trinajstić information content (AvgIpc) is 3.13. The zero-order valence-electron chi connectivity index (χ0n) is 20.5. The van der Waals surface area contributed by atoms with Gasteiger partial charge in [0.1, 0.15) is 17.3 Å². The molecule has 7 nitrogen and oxygen atoms in total. The largest absolute Gasteiger partial charge is 0.507 e. The van der Waals surface area contributed by atoms with E-state index in [1.807, 2.05) is 61.5 Å². The Hall–Kier alpha value is -3.97. The Morgan fingerprint density at radius 3 is 2.25 bits per heavy atom. The third-order valence-corrected chi connectivity index (χ3v) is 6.52.